The summed E-state index contributed by atoms with van der Waals surface area (Å²) >= 11 is 0. The first-order valence-electron chi connectivity index (χ1n) is 8.97. The number of carbonyl (C=O) groups excluding carboxylic acids is 2. The Kier molecular flexibility index (Phi) is 5.19. The summed E-state index contributed by atoms with van der Waals surface area (Å²) in [4.78, 5) is 26.7. The molecule has 24 heavy (non-hydrogen) atoms. The van der Waals surface area contributed by atoms with Gasteiger partial charge >= 0.3 is 0 Å². The molecule has 1 heterocycles. The zero-order valence-corrected chi connectivity index (χ0v) is 14.2. The summed E-state index contributed by atoms with van der Waals surface area (Å²) in [6.07, 6.45) is 4.23. The summed E-state index contributed by atoms with van der Waals surface area (Å²) in [5.74, 6) is -0.442. The van der Waals surface area contributed by atoms with Gasteiger partial charge in [-0.2, -0.15) is 0 Å². The van der Waals surface area contributed by atoms with Crippen molar-refractivity contribution in [3.63, 3.8) is 0 Å². The third-order valence-electron chi connectivity index (χ3n) is 5.22. The van der Waals surface area contributed by atoms with Crippen LogP contribution in [0, 0.1) is 5.92 Å². The minimum atomic E-state index is -0.461. The summed E-state index contributed by atoms with van der Waals surface area (Å²) in [6, 6.07) is 7.69. The highest BCUT2D eigenvalue weighted by molar-refractivity contribution is 6.00. The van der Waals surface area contributed by atoms with Crippen molar-refractivity contribution in [1.29, 1.82) is 0 Å². The summed E-state index contributed by atoms with van der Waals surface area (Å²) in [7, 11) is 0. The molecule has 3 atom stereocenters. The third-order valence-corrected chi connectivity index (χ3v) is 5.22. The lowest BCUT2D eigenvalue weighted by Crippen LogP contribution is -2.47. The van der Waals surface area contributed by atoms with E-state index in [2.05, 4.69) is 12.2 Å². The minimum absolute atomic E-state index is 0.000225. The Morgan fingerprint density at radius 2 is 2.04 bits per heavy atom. The largest absolute Gasteiger partial charge is 0.391 e. The summed E-state index contributed by atoms with van der Waals surface area (Å²) < 4.78 is 0. The van der Waals surface area contributed by atoms with Gasteiger partial charge in [-0.3, -0.25) is 9.59 Å². The van der Waals surface area contributed by atoms with E-state index in [9.17, 15) is 14.7 Å². The highest BCUT2D eigenvalue weighted by Crippen LogP contribution is 2.29. The number of aliphatic hydroxyl groups is 1. The van der Waals surface area contributed by atoms with Gasteiger partial charge in [0.15, 0.2) is 0 Å². The van der Waals surface area contributed by atoms with Crippen molar-refractivity contribution in [2.45, 2.75) is 57.6 Å². The van der Waals surface area contributed by atoms with E-state index >= 15 is 0 Å². The molecule has 1 aliphatic heterocycles. The van der Waals surface area contributed by atoms with Crippen molar-refractivity contribution in [2.75, 3.05) is 11.4 Å². The smallest absolute Gasteiger partial charge is 0.227 e. The van der Waals surface area contributed by atoms with Gasteiger partial charge in [0.1, 0.15) is 0 Å². The van der Waals surface area contributed by atoms with Crippen molar-refractivity contribution in [3.05, 3.63) is 29.8 Å². The van der Waals surface area contributed by atoms with Gasteiger partial charge in [0.25, 0.3) is 0 Å². The molecule has 2 fully saturated rings. The van der Waals surface area contributed by atoms with Gasteiger partial charge in [-0.1, -0.05) is 38.0 Å². The molecule has 0 aromatic heterocycles. The molecule has 1 saturated carbocycles. The molecule has 2 amide bonds. The lowest BCUT2D eigenvalue weighted by Gasteiger charge is -2.29. The predicted molar refractivity (Wildman–Crippen MR) is 92.7 cm³/mol. The predicted octanol–water partition coefficient (Wildman–Crippen LogP) is 2.02. The summed E-state index contributed by atoms with van der Waals surface area (Å²) in [5.41, 5.74) is 2.03. The minimum Gasteiger partial charge on any atom is -0.391 e. The van der Waals surface area contributed by atoms with Crippen LogP contribution in [0.5, 0.6) is 0 Å². The number of anilines is 1. The Bertz CT molecular complexity index is 616. The Morgan fingerprint density at radius 3 is 2.79 bits per heavy atom. The third kappa shape index (κ3) is 3.46. The fourth-order valence-corrected chi connectivity index (χ4v) is 3.77. The SMILES string of the molecule is CCc1ccccc1N1CC(C(=O)NC2CCCCC2O)CC1=O. The average molecular weight is 330 g/mol. The maximum absolute atomic E-state index is 12.5. The molecule has 1 aromatic carbocycles. The lowest BCUT2D eigenvalue weighted by molar-refractivity contribution is -0.128. The number of aliphatic hydroxyl groups excluding tert-OH is 1. The monoisotopic (exact) mass is 330 g/mol. The van der Waals surface area contributed by atoms with E-state index in [0.29, 0.717) is 6.54 Å². The first-order chi connectivity index (χ1) is 11.6. The second kappa shape index (κ2) is 7.34. The van der Waals surface area contributed by atoms with Gasteiger partial charge in [-0.15, -0.1) is 0 Å². The molecule has 1 aliphatic carbocycles. The second-order valence-corrected chi connectivity index (χ2v) is 6.85. The van der Waals surface area contributed by atoms with E-state index in [1.54, 1.807) is 4.90 Å². The molecule has 3 rings (SSSR count). The van der Waals surface area contributed by atoms with Gasteiger partial charge in [-0.25, -0.2) is 0 Å². The van der Waals surface area contributed by atoms with Gasteiger partial charge in [0.05, 0.1) is 18.1 Å². The van der Waals surface area contributed by atoms with E-state index in [-0.39, 0.29) is 30.2 Å². The van der Waals surface area contributed by atoms with Crippen LogP contribution in [0.1, 0.15) is 44.6 Å². The lowest BCUT2D eigenvalue weighted by atomic mass is 9.92. The first kappa shape index (κ1) is 17.0. The molecule has 1 saturated heterocycles. The van der Waals surface area contributed by atoms with Gasteiger partial charge in [-0.05, 0) is 30.9 Å². The number of carbonyl (C=O) groups is 2. The maximum atomic E-state index is 12.5. The molecule has 2 N–H and O–H groups in total. The number of nitrogens with zero attached hydrogens (tertiary/aromatic N) is 1. The number of hydrogen-bond donors (Lipinski definition) is 2. The molecular weight excluding hydrogens is 304 g/mol. The zero-order chi connectivity index (χ0) is 17.1. The highest BCUT2D eigenvalue weighted by Gasteiger charge is 2.37. The number of benzene rings is 1. The number of aryl methyl sites for hydroxylation is 1. The molecule has 5 heteroatoms. The van der Waals surface area contributed by atoms with E-state index in [1.807, 2.05) is 24.3 Å². The van der Waals surface area contributed by atoms with Crippen molar-refractivity contribution >= 4 is 17.5 Å². The highest BCUT2D eigenvalue weighted by atomic mass is 16.3. The molecule has 5 nitrogen and oxygen atoms in total. The molecule has 0 bridgehead atoms. The Morgan fingerprint density at radius 1 is 1.29 bits per heavy atom. The van der Waals surface area contributed by atoms with Crippen molar-refractivity contribution in [1.82, 2.24) is 5.32 Å². The van der Waals surface area contributed by atoms with Crippen LogP contribution in [0.4, 0.5) is 5.69 Å². The standard InChI is InChI=1S/C19H26N2O3/c1-2-13-7-3-5-9-16(13)21-12-14(11-18(21)23)19(24)20-15-8-4-6-10-17(15)22/h3,5,7,9,14-15,17,22H,2,4,6,8,10-12H2,1H3,(H,20,24). The van der Waals surface area contributed by atoms with Crippen molar-refractivity contribution < 1.29 is 14.7 Å². The number of rotatable bonds is 4. The van der Waals surface area contributed by atoms with Crippen LogP contribution in [0.15, 0.2) is 24.3 Å². The molecular formula is C19H26N2O3. The zero-order valence-electron chi connectivity index (χ0n) is 14.2. The topological polar surface area (TPSA) is 69.6 Å². The van der Waals surface area contributed by atoms with Crippen LogP contribution in [0.2, 0.25) is 0 Å². The molecule has 130 valence electrons. The van der Waals surface area contributed by atoms with Gasteiger partial charge in [0, 0.05) is 18.7 Å². The van der Waals surface area contributed by atoms with E-state index in [1.165, 1.54) is 0 Å². The average Bonchev–Trinajstić information content (AvgIpc) is 2.98. The summed E-state index contributed by atoms with van der Waals surface area (Å²) in [5, 5.41) is 13.0. The van der Waals surface area contributed by atoms with Crippen LogP contribution in [-0.4, -0.2) is 35.6 Å². The molecule has 0 spiro atoms. The molecule has 3 unspecified atom stereocenters. The number of amides is 2. The fraction of sp³-hybridized carbons (Fsp3) is 0.579. The number of nitrogens with one attached hydrogen (secondary N) is 1. The normalized spacial score (nSPS) is 27.3. The Labute approximate surface area is 143 Å². The van der Waals surface area contributed by atoms with Crippen LogP contribution in [0.25, 0.3) is 0 Å². The van der Waals surface area contributed by atoms with Crippen LogP contribution >= 0.6 is 0 Å². The van der Waals surface area contributed by atoms with Crippen LogP contribution in [-0.2, 0) is 16.0 Å². The first-order valence-corrected chi connectivity index (χ1v) is 8.97. The van der Waals surface area contributed by atoms with Crippen LogP contribution in [0.3, 0.4) is 0 Å². The maximum Gasteiger partial charge on any atom is 0.227 e. The summed E-state index contributed by atoms with van der Waals surface area (Å²) in [6.45, 7) is 2.48. The molecule has 0 radical (unpaired) electrons. The van der Waals surface area contributed by atoms with E-state index in [4.69, 9.17) is 0 Å². The fourth-order valence-electron chi connectivity index (χ4n) is 3.77. The Hall–Kier alpha value is -1.88. The van der Waals surface area contributed by atoms with E-state index < -0.39 is 6.10 Å². The quantitative estimate of drug-likeness (QED) is 0.887. The number of hydrogen-bond acceptors (Lipinski definition) is 3. The van der Waals surface area contributed by atoms with Gasteiger partial charge in [0.2, 0.25) is 11.8 Å². The molecule has 2 aliphatic rings. The van der Waals surface area contributed by atoms with Crippen molar-refractivity contribution in [3.8, 4) is 0 Å². The Balaban J connectivity index is 1.67. The second-order valence-electron chi connectivity index (χ2n) is 6.85. The van der Waals surface area contributed by atoms with Crippen LogP contribution < -0.4 is 10.2 Å². The van der Waals surface area contributed by atoms with E-state index in [0.717, 1.165) is 43.4 Å². The van der Waals surface area contributed by atoms with Crippen molar-refractivity contribution in [2.24, 2.45) is 5.92 Å². The van der Waals surface area contributed by atoms with Gasteiger partial charge < -0.3 is 15.3 Å². The number of para-hydroxylation sites is 1. The molecule has 1 aromatic rings.